The summed E-state index contributed by atoms with van der Waals surface area (Å²) in [5, 5.41) is 4.23. The highest BCUT2D eigenvalue weighted by atomic mass is 79.9. The van der Waals surface area contributed by atoms with Crippen molar-refractivity contribution in [2.24, 2.45) is 0 Å². The predicted molar refractivity (Wildman–Crippen MR) is 87.5 cm³/mol. The van der Waals surface area contributed by atoms with Crippen LogP contribution in [0.25, 0.3) is 0 Å². The van der Waals surface area contributed by atoms with Crippen molar-refractivity contribution < 1.29 is 0 Å². The first-order valence-electron chi connectivity index (χ1n) is 6.14. The van der Waals surface area contributed by atoms with Crippen molar-refractivity contribution in [1.29, 1.82) is 0 Å². The third-order valence-corrected chi connectivity index (χ3v) is 5.34. The molecule has 1 unspecified atom stereocenters. The van der Waals surface area contributed by atoms with E-state index in [-0.39, 0.29) is 0 Å². The molecule has 0 saturated carbocycles. The number of rotatable bonds is 3. The highest BCUT2D eigenvalue weighted by Gasteiger charge is 2.22. The smallest absolute Gasteiger partial charge is 0.0638 e. The molecule has 1 aliphatic rings. The number of halogens is 2. The van der Waals surface area contributed by atoms with Crippen LogP contribution in [0.4, 0.5) is 5.69 Å². The van der Waals surface area contributed by atoms with Crippen LogP contribution in [0.5, 0.6) is 0 Å². The fourth-order valence-corrected chi connectivity index (χ4v) is 4.06. The lowest BCUT2D eigenvalue weighted by molar-refractivity contribution is 0.819. The van der Waals surface area contributed by atoms with Gasteiger partial charge in [-0.3, -0.25) is 0 Å². The third kappa shape index (κ3) is 2.93. The van der Waals surface area contributed by atoms with Crippen LogP contribution in [0.3, 0.4) is 0 Å². The zero-order valence-corrected chi connectivity index (χ0v) is 13.4. The largest absolute Gasteiger partial charge is 0.383 e. The lowest BCUT2D eigenvalue weighted by atomic mass is 10.0. The quantitative estimate of drug-likeness (QED) is 0.791. The van der Waals surface area contributed by atoms with E-state index in [4.69, 9.17) is 11.6 Å². The molecule has 98 valence electrons. The van der Waals surface area contributed by atoms with Crippen LogP contribution >= 0.6 is 39.3 Å². The minimum Gasteiger partial charge on any atom is -0.383 e. The van der Waals surface area contributed by atoms with E-state index in [1.54, 1.807) is 0 Å². The molecular formula is C15H13BrClNS. The number of anilines is 1. The molecule has 0 spiro atoms. The summed E-state index contributed by atoms with van der Waals surface area (Å²) in [5.74, 6) is 1.69. The SMILES string of the molecule is Clc1ccc(Br)cc1NCC1CSc2ccccc21. The van der Waals surface area contributed by atoms with Gasteiger partial charge in [0, 0.05) is 27.6 Å². The Morgan fingerprint density at radius 3 is 3.00 bits per heavy atom. The second-order valence-electron chi connectivity index (χ2n) is 4.55. The Kier molecular flexibility index (Phi) is 4.06. The molecule has 0 bridgehead atoms. The molecule has 1 N–H and O–H groups in total. The van der Waals surface area contributed by atoms with Gasteiger partial charge in [-0.05, 0) is 29.8 Å². The summed E-state index contributed by atoms with van der Waals surface area (Å²) in [7, 11) is 0. The van der Waals surface area contributed by atoms with Crippen LogP contribution in [-0.2, 0) is 0 Å². The molecule has 0 radical (unpaired) electrons. The molecule has 0 fully saturated rings. The van der Waals surface area contributed by atoms with Crippen molar-refractivity contribution in [1.82, 2.24) is 0 Å². The monoisotopic (exact) mass is 353 g/mol. The van der Waals surface area contributed by atoms with E-state index in [1.165, 1.54) is 10.5 Å². The first kappa shape index (κ1) is 13.3. The van der Waals surface area contributed by atoms with Crippen LogP contribution in [0, 0.1) is 0 Å². The van der Waals surface area contributed by atoms with Gasteiger partial charge in [0.05, 0.1) is 10.7 Å². The van der Waals surface area contributed by atoms with Gasteiger partial charge >= 0.3 is 0 Å². The van der Waals surface area contributed by atoms with Crippen molar-refractivity contribution in [2.75, 3.05) is 17.6 Å². The molecule has 1 aliphatic heterocycles. The maximum Gasteiger partial charge on any atom is 0.0638 e. The van der Waals surface area contributed by atoms with Crippen molar-refractivity contribution in [2.45, 2.75) is 10.8 Å². The van der Waals surface area contributed by atoms with Gasteiger partial charge in [-0.1, -0.05) is 45.7 Å². The number of nitrogens with one attached hydrogen (secondary N) is 1. The number of benzene rings is 2. The standard InChI is InChI=1S/C15H13BrClNS/c16-11-5-6-13(17)14(7-11)18-8-10-9-19-15-4-2-1-3-12(10)15/h1-7,10,18H,8-9H2. The number of fused-ring (bicyclic) bond motifs is 1. The molecule has 2 aromatic carbocycles. The van der Waals surface area contributed by atoms with Gasteiger partial charge in [0.1, 0.15) is 0 Å². The van der Waals surface area contributed by atoms with Crippen molar-refractivity contribution >= 4 is 45.0 Å². The zero-order valence-electron chi connectivity index (χ0n) is 10.2. The van der Waals surface area contributed by atoms with Crippen molar-refractivity contribution in [3.8, 4) is 0 Å². The summed E-state index contributed by atoms with van der Waals surface area (Å²) >= 11 is 11.6. The summed E-state index contributed by atoms with van der Waals surface area (Å²) in [4.78, 5) is 1.41. The predicted octanol–water partition coefficient (Wildman–Crippen LogP) is 5.40. The molecule has 1 nitrogen and oxygen atoms in total. The fourth-order valence-electron chi connectivity index (χ4n) is 2.26. The Labute approximate surface area is 130 Å². The van der Waals surface area contributed by atoms with E-state index in [0.29, 0.717) is 5.92 Å². The summed E-state index contributed by atoms with van der Waals surface area (Å²) < 4.78 is 1.04. The van der Waals surface area contributed by atoms with Crippen LogP contribution in [0.2, 0.25) is 5.02 Å². The third-order valence-electron chi connectivity index (χ3n) is 3.27. The average Bonchev–Trinajstić information content (AvgIpc) is 2.83. The van der Waals surface area contributed by atoms with Gasteiger partial charge < -0.3 is 5.32 Å². The first-order valence-corrected chi connectivity index (χ1v) is 8.30. The minimum absolute atomic E-state index is 0.552. The molecule has 0 saturated heterocycles. The maximum absolute atomic E-state index is 6.19. The fraction of sp³-hybridized carbons (Fsp3) is 0.200. The normalized spacial score (nSPS) is 17.3. The molecule has 0 amide bonds. The highest BCUT2D eigenvalue weighted by molar-refractivity contribution is 9.10. The lowest BCUT2D eigenvalue weighted by Gasteiger charge is -2.14. The van der Waals surface area contributed by atoms with Gasteiger partial charge in [-0.2, -0.15) is 0 Å². The first-order chi connectivity index (χ1) is 9.24. The topological polar surface area (TPSA) is 12.0 Å². The summed E-state index contributed by atoms with van der Waals surface area (Å²) in [5.41, 5.74) is 2.44. The molecule has 0 aromatic heterocycles. The van der Waals surface area contributed by atoms with Gasteiger partial charge in [0.25, 0.3) is 0 Å². The summed E-state index contributed by atoms with van der Waals surface area (Å²) in [6.45, 7) is 0.917. The van der Waals surface area contributed by atoms with E-state index in [0.717, 1.165) is 27.5 Å². The summed E-state index contributed by atoms with van der Waals surface area (Å²) in [6.07, 6.45) is 0. The Morgan fingerprint density at radius 2 is 2.11 bits per heavy atom. The van der Waals surface area contributed by atoms with E-state index in [1.807, 2.05) is 30.0 Å². The Bertz CT molecular complexity index is 602. The van der Waals surface area contributed by atoms with Crippen LogP contribution in [-0.4, -0.2) is 12.3 Å². The van der Waals surface area contributed by atoms with Crippen LogP contribution < -0.4 is 5.32 Å². The molecule has 19 heavy (non-hydrogen) atoms. The number of thioether (sulfide) groups is 1. The van der Waals surface area contributed by atoms with Gasteiger partial charge in [-0.25, -0.2) is 0 Å². The number of hydrogen-bond donors (Lipinski definition) is 1. The highest BCUT2D eigenvalue weighted by Crippen LogP contribution is 2.39. The van der Waals surface area contributed by atoms with Crippen molar-refractivity contribution in [3.63, 3.8) is 0 Å². The van der Waals surface area contributed by atoms with Crippen LogP contribution in [0.1, 0.15) is 11.5 Å². The van der Waals surface area contributed by atoms with Gasteiger partial charge in [0.15, 0.2) is 0 Å². The molecule has 1 atom stereocenters. The Hall–Kier alpha value is -0.640. The second kappa shape index (κ2) is 5.78. The van der Waals surface area contributed by atoms with Crippen LogP contribution in [0.15, 0.2) is 51.8 Å². The maximum atomic E-state index is 6.19. The molecule has 1 heterocycles. The number of hydrogen-bond acceptors (Lipinski definition) is 2. The average molecular weight is 355 g/mol. The molecule has 4 heteroatoms. The second-order valence-corrected chi connectivity index (χ2v) is 6.94. The van der Waals surface area contributed by atoms with Gasteiger partial charge in [-0.15, -0.1) is 11.8 Å². The minimum atomic E-state index is 0.552. The van der Waals surface area contributed by atoms with E-state index in [9.17, 15) is 0 Å². The summed E-state index contributed by atoms with van der Waals surface area (Å²) in [6, 6.07) is 14.5. The Balaban J connectivity index is 1.72. The Morgan fingerprint density at radius 1 is 1.26 bits per heavy atom. The van der Waals surface area contributed by atoms with Gasteiger partial charge in [0.2, 0.25) is 0 Å². The molecule has 3 rings (SSSR count). The van der Waals surface area contributed by atoms with E-state index in [2.05, 4.69) is 45.5 Å². The van der Waals surface area contributed by atoms with E-state index < -0.39 is 0 Å². The van der Waals surface area contributed by atoms with Crippen molar-refractivity contribution in [3.05, 3.63) is 57.5 Å². The molecule has 0 aliphatic carbocycles. The lowest BCUT2D eigenvalue weighted by Crippen LogP contribution is -2.12. The van der Waals surface area contributed by atoms with E-state index >= 15 is 0 Å². The molecule has 2 aromatic rings. The zero-order chi connectivity index (χ0) is 13.2. The molecular weight excluding hydrogens is 342 g/mol.